The summed E-state index contributed by atoms with van der Waals surface area (Å²) in [6, 6.07) is 9.78. The van der Waals surface area contributed by atoms with Gasteiger partial charge in [-0.1, -0.05) is 18.9 Å². The van der Waals surface area contributed by atoms with E-state index in [9.17, 15) is 9.59 Å². The lowest BCUT2D eigenvalue weighted by Crippen LogP contribution is -2.37. The first-order valence-electron chi connectivity index (χ1n) is 9.77. The van der Waals surface area contributed by atoms with Gasteiger partial charge in [0.05, 0.1) is 11.2 Å². The Morgan fingerprint density at radius 1 is 1.26 bits per heavy atom. The van der Waals surface area contributed by atoms with Crippen LogP contribution >= 0.6 is 0 Å². The molecule has 2 heterocycles. The van der Waals surface area contributed by atoms with Gasteiger partial charge in [-0.15, -0.1) is 0 Å². The number of benzene rings is 1. The zero-order valence-electron chi connectivity index (χ0n) is 15.7. The molecule has 1 aromatic heterocycles. The van der Waals surface area contributed by atoms with Crippen LogP contribution in [-0.2, 0) is 4.79 Å². The van der Waals surface area contributed by atoms with Gasteiger partial charge in [0.25, 0.3) is 0 Å². The van der Waals surface area contributed by atoms with Gasteiger partial charge in [-0.3, -0.25) is 9.78 Å². The van der Waals surface area contributed by atoms with Crippen molar-refractivity contribution in [3.8, 4) is 0 Å². The first-order chi connectivity index (χ1) is 13.1. The number of carbonyl (C=O) groups excluding carboxylic acids is 2. The Bertz CT molecular complexity index is 842. The van der Waals surface area contributed by atoms with E-state index in [2.05, 4.69) is 15.2 Å². The van der Waals surface area contributed by atoms with Crippen molar-refractivity contribution >= 4 is 28.5 Å². The highest BCUT2D eigenvalue weighted by Crippen LogP contribution is 2.30. The molecular formula is C21H26N4O2. The first kappa shape index (κ1) is 17.8. The molecule has 1 atom stereocenters. The van der Waals surface area contributed by atoms with Crippen LogP contribution in [0.5, 0.6) is 0 Å². The Morgan fingerprint density at radius 2 is 2.07 bits per heavy atom. The third-order valence-electron chi connectivity index (χ3n) is 5.77. The molecule has 4 rings (SSSR count). The van der Waals surface area contributed by atoms with Gasteiger partial charge in [-0.2, -0.15) is 0 Å². The lowest BCUT2D eigenvalue weighted by Gasteiger charge is -2.25. The van der Waals surface area contributed by atoms with Crippen LogP contribution in [0.1, 0.15) is 32.1 Å². The van der Waals surface area contributed by atoms with E-state index in [-0.39, 0.29) is 17.9 Å². The number of rotatable bonds is 4. The number of anilines is 1. The average molecular weight is 366 g/mol. The van der Waals surface area contributed by atoms with E-state index < -0.39 is 0 Å². The summed E-state index contributed by atoms with van der Waals surface area (Å²) in [5.41, 5.74) is 1.61. The smallest absolute Gasteiger partial charge is 0.321 e. The van der Waals surface area contributed by atoms with Crippen LogP contribution in [0.4, 0.5) is 10.5 Å². The number of amides is 3. The highest BCUT2D eigenvalue weighted by Gasteiger charge is 2.36. The second-order valence-corrected chi connectivity index (χ2v) is 7.74. The molecule has 1 saturated carbocycles. The van der Waals surface area contributed by atoms with Crippen molar-refractivity contribution in [2.24, 2.45) is 5.92 Å². The number of fused-ring (bicyclic) bond motifs is 1. The monoisotopic (exact) mass is 366 g/mol. The molecule has 0 bridgehead atoms. The zero-order valence-corrected chi connectivity index (χ0v) is 15.7. The number of pyridine rings is 1. The SMILES string of the molecule is CN(CC1CC(=O)N(C2CCCC2)C1)C(=O)Nc1cccc2ncccc12. The molecule has 2 fully saturated rings. The predicted octanol–water partition coefficient (Wildman–Crippen LogP) is 3.49. The van der Waals surface area contributed by atoms with E-state index in [0.29, 0.717) is 19.0 Å². The van der Waals surface area contributed by atoms with Crippen LogP contribution in [0.25, 0.3) is 10.9 Å². The normalized spacial score (nSPS) is 20.4. The van der Waals surface area contributed by atoms with E-state index in [1.807, 2.05) is 30.3 Å². The number of likely N-dealkylation sites (tertiary alicyclic amines) is 1. The van der Waals surface area contributed by atoms with Gasteiger partial charge < -0.3 is 15.1 Å². The third kappa shape index (κ3) is 3.75. The molecule has 2 aliphatic rings. The van der Waals surface area contributed by atoms with E-state index >= 15 is 0 Å². The highest BCUT2D eigenvalue weighted by molar-refractivity contribution is 6.00. The molecule has 142 valence electrons. The van der Waals surface area contributed by atoms with Crippen LogP contribution in [-0.4, -0.2) is 52.9 Å². The van der Waals surface area contributed by atoms with Crippen LogP contribution in [0.15, 0.2) is 36.5 Å². The molecule has 3 amide bonds. The van der Waals surface area contributed by atoms with Gasteiger partial charge in [0.2, 0.25) is 5.91 Å². The standard InChI is InChI=1S/C21H26N4O2/c1-24(13-15-12-20(26)25(14-15)16-6-2-3-7-16)21(27)23-19-10-4-9-18-17(19)8-5-11-22-18/h4-5,8-11,15-16H,2-3,6-7,12-14H2,1H3,(H,23,27). The Hall–Kier alpha value is -2.63. The molecule has 2 aromatic rings. The molecule has 6 nitrogen and oxygen atoms in total. The largest absolute Gasteiger partial charge is 0.339 e. The fourth-order valence-corrected chi connectivity index (χ4v) is 4.39. The topological polar surface area (TPSA) is 65.5 Å². The maximum atomic E-state index is 12.7. The average Bonchev–Trinajstić information content (AvgIpc) is 3.31. The van der Waals surface area contributed by atoms with Crippen molar-refractivity contribution < 1.29 is 9.59 Å². The maximum Gasteiger partial charge on any atom is 0.321 e. The van der Waals surface area contributed by atoms with Crippen molar-refractivity contribution in [2.45, 2.75) is 38.1 Å². The molecule has 1 aliphatic heterocycles. The number of carbonyl (C=O) groups is 2. The molecule has 1 aliphatic carbocycles. The Labute approximate surface area is 159 Å². The summed E-state index contributed by atoms with van der Waals surface area (Å²) in [6.45, 7) is 1.36. The van der Waals surface area contributed by atoms with Gasteiger partial charge in [-0.25, -0.2) is 4.79 Å². The lowest BCUT2D eigenvalue weighted by atomic mass is 10.1. The second-order valence-electron chi connectivity index (χ2n) is 7.74. The molecule has 1 saturated heterocycles. The molecule has 0 radical (unpaired) electrons. The number of hydrogen-bond acceptors (Lipinski definition) is 3. The summed E-state index contributed by atoms with van der Waals surface area (Å²) in [5.74, 6) is 0.462. The molecule has 0 spiro atoms. The van der Waals surface area contributed by atoms with Crippen molar-refractivity contribution in [1.29, 1.82) is 0 Å². The highest BCUT2D eigenvalue weighted by atomic mass is 16.2. The number of hydrogen-bond donors (Lipinski definition) is 1. The maximum absolute atomic E-state index is 12.7. The fourth-order valence-electron chi connectivity index (χ4n) is 4.39. The van der Waals surface area contributed by atoms with E-state index in [0.717, 1.165) is 36.0 Å². The Kier molecular flexibility index (Phi) is 4.97. The zero-order chi connectivity index (χ0) is 18.8. The first-order valence-corrected chi connectivity index (χ1v) is 9.77. The third-order valence-corrected chi connectivity index (χ3v) is 5.77. The number of aromatic nitrogens is 1. The second kappa shape index (κ2) is 7.55. The molecule has 27 heavy (non-hydrogen) atoms. The van der Waals surface area contributed by atoms with Crippen molar-refractivity contribution in [3.63, 3.8) is 0 Å². The molecule has 1 aromatic carbocycles. The van der Waals surface area contributed by atoms with E-state index in [1.165, 1.54) is 12.8 Å². The Balaban J connectivity index is 1.37. The Morgan fingerprint density at radius 3 is 2.89 bits per heavy atom. The summed E-state index contributed by atoms with van der Waals surface area (Å²) in [6.07, 6.45) is 7.00. The number of urea groups is 1. The van der Waals surface area contributed by atoms with Gasteiger partial charge in [0.15, 0.2) is 0 Å². The van der Waals surface area contributed by atoms with Gasteiger partial charge in [0, 0.05) is 50.1 Å². The minimum absolute atomic E-state index is 0.155. The summed E-state index contributed by atoms with van der Waals surface area (Å²) in [5, 5.41) is 3.91. The number of nitrogens with one attached hydrogen (secondary N) is 1. The predicted molar refractivity (Wildman–Crippen MR) is 105 cm³/mol. The summed E-state index contributed by atoms with van der Waals surface area (Å²) >= 11 is 0. The molecular weight excluding hydrogens is 340 g/mol. The molecule has 1 unspecified atom stereocenters. The van der Waals surface area contributed by atoms with Gasteiger partial charge >= 0.3 is 6.03 Å². The van der Waals surface area contributed by atoms with Crippen molar-refractivity contribution in [2.75, 3.05) is 25.5 Å². The summed E-state index contributed by atoms with van der Waals surface area (Å²) < 4.78 is 0. The number of nitrogens with zero attached hydrogens (tertiary/aromatic N) is 3. The van der Waals surface area contributed by atoms with Gasteiger partial charge in [-0.05, 0) is 37.1 Å². The van der Waals surface area contributed by atoms with E-state index in [1.54, 1.807) is 18.1 Å². The summed E-state index contributed by atoms with van der Waals surface area (Å²) in [4.78, 5) is 33.1. The lowest BCUT2D eigenvalue weighted by molar-refractivity contribution is -0.129. The van der Waals surface area contributed by atoms with Crippen molar-refractivity contribution in [3.05, 3.63) is 36.5 Å². The van der Waals surface area contributed by atoms with Crippen molar-refractivity contribution in [1.82, 2.24) is 14.8 Å². The van der Waals surface area contributed by atoms with Crippen LogP contribution in [0.2, 0.25) is 0 Å². The minimum Gasteiger partial charge on any atom is -0.339 e. The van der Waals surface area contributed by atoms with Crippen LogP contribution in [0.3, 0.4) is 0 Å². The summed E-state index contributed by atoms with van der Waals surface area (Å²) in [7, 11) is 1.79. The van der Waals surface area contributed by atoms with Crippen LogP contribution < -0.4 is 5.32 Å². The minimum atomic E-state index is -0.155. The molecule has 1 N–H and O–H groups in total. The fraction of sp³-hybridized carbons (Fsp3) is 0.476. The van der Waals surface area contributed by atoms with Crippen LogP contribution in [0, 0.1) is 5.92 Å². The quantitative estimate of drug-likeness (QED) is 0.901. The van der Waals surface area contributed by atoms with E-state index in [4.69, 9.17) is 0 Å². The van der Waals surface area contributed by atoms with Gasteiger partial charge in [0.1, 0.15) is 0 Å². The molecule has 6 heteroatoms.